The van der Waals surface area contributed by atoms with Crippen molar-refractivity contribution in [3.8, 4) is 0 Å². The molecule has 0 aromatic rings. The van der Waals surface area contributed by atoms with Crippen molar-refractivity contribution in [1.29, 1.82) is 0 Å². The zero-order valence-corrected chi connectivity index (χ0v) is 11.4. The van der Waals surface area contributed by atoms with Crippen molar-refractivity contribution in [2.75, 3.05) is 46.9 Å². The van der Waals surface area contributed by atoms with E-state index in [0.717, 1.165) is 26.2 Å². The number of carbonyl (C=O) groups excluding carboxylic acids is 1. The molecule has 0 radical (unpaired) electrons. The SMILES string of the molecule is CCN(CC(=O)N(C)C)C(C)C1CNCCO1. The number of likely N-dealkylation sites (N-methyl/N-ethyl adjacent to an activating group) is 2. The van der Waals surface area contributed by atoms with E-state index >= 15 is 0 Å². The minimum absolute atomic E-state index is 0.141. The Hall–Kier alpha value is -0.650. The smallest absolute Gasteiger partial charge is 0.236 e. The molecule has 0 saturated carbocycles. The van der Waals surface area contributed by atoms with Crippen LogP contribution in [0.4, 0.5) is 0 Å². The molecule has 2 atom stereocenters. The molecular formula is C12H25N3O2. The maximum Gasteiger partial charge on any atom is 0.236 e. The van der Waals surface area contributed by atoms with Gasteiger partial charge in [-0.25, -0.2) is 0 Å². The molecule has 1 amide bonds. The van der Waals surface area contributed by atoms with Gasteiger partial charge in [-0.05, 0) is 13.5 Å². The molecule has 1 N–H and O–H groups in total. The number of amides is 1. The average molecular weight is 243 g/mol. The number of carbonyl (C=O) groups is 1. The monoisotopic (exact) mass is 243 g/mol. The van der Waals surface area contributed by atoms with Crippen molar-refractivity contribution in [2.24, 2.45) is 0 Å². The van der Waals surface area contributed by atoms with Crippen LogP contribution in [0.25, 0.3) is 0 Å². The van der Waals surface area contributed by atoms with Crippen molar-refractivity contribution in [3.05, 3.63) is 0 Å². The molecule has 1 rings (SSSR count). The first-order valence-electron chi connectivity index (χ1n) is 6.32. The number of hydrogen-bond acceptors (Lipinski definition) is 4. The highest BCUT2D eigenvalue weighted by Crippen LogP contribution is 2.09. The van der Waals surface area contributed by atoms with Gasteiger partial charge in [-0.1, -0.05) is 6.92 Å². The van der Waals surface area contributed by atoms with Crippen LogP contribution in [-0.2, 0) is 9.53 Å². The highest BCUT2D eigenvalue weighted by molar-refractivity contribution is 5.77. The van der Waals surface area contributed by atoms with Crippen molar-refractivity contribution in [1.82, 2.24) is 15.1 Å². The molecular weight excluding hydrogens is 218 g/mol. The van der Waals surface area contributed by atoms with Gasteiger partial charge in [0, 0.05) is 33.2 Å². The minimum atomic E-state index is 0.141. The molecule has 5 heteroatoms. The largest absolute Gasteiger partial charge is 0.374 e. The lowest BCUT2D eigenvalue weighted by Crippen LogP contribution is -2.52. The molecule has 0 aromatic carbocycles. The van der Waals surface area contributed by atoms with Crippen LogP contribution >= 0.6 is 0 Å². The van der Waals surface area contributed by atoms with Gasteiger partial charge in [0.05, 0.1) is 19.3 Å². The van der Waals surface area contributed by atoms with Crippen molar-refractivity contribution < 1.29 is 9.53 Å². The molecule has 2 unspecified atom stereocenters. The summed E-state index contributed by atoms with van der Waals surface area (Å²) in [6.07, 6.45) is 0.179. The second-order valence-electron chi connectivity index (χ2n) is 4.71. The summed E-state index contributed by atoms with van der Waals surface area (Å²) in [5.74, 6) is 0.141. The van der Waals surface area contributed by atoms with Gasteiger partial charge in [0.1, 0.15) is 0 Å². The number of morpholine rings is 1. The molecule has 0 spiro atoms. The van der Waals surface area contributed by atoms with Crippen molar-refractivity contribution >= 4 is 5.91 Å². The van der Waals surface area contributed by atoms with E-state index in [4.69, 9.17) is 4.74 Å². The van der Waals surface area contributed by atoms with E-state index in [9.17, 15) is 4.79 Å². The Kier molecular flexibility index (Phi) is 5.88. The van der Waals surface area contributed by atoms with Crippen LogP contribution in [0.5, 0.6) is 0 Å². The number of hydrogen-bond donors (Lipinski definition) is 1. The first kappa shape index (κ1) is 14.4. The molecule has 17 heavy (non-hydrogen) atoms. The molecule has 5 nitrogen and oxygen atoms in total. The highest BCUT2D eigenvalue weighted by atomic mass is 16.5. The zero-order valence-electron chi connectivity index (χ0n) is 11.4. The third kappa shape index (κ3) is 4.26. The van der Waals surface area contributed by atoms with Crippen LogP contribution in [0, 0.1) is 0 Å². The number of nitrogens with one attached hydrogen (secondary N) is 1. The van der Waals surface area contributed by atoms with Crippen molar-refractivity contribution in [3.63, 3.8) is 0 Å². The van der Waals surface area contributed by atoms with Gasteiger partial charge in [0.25, 0.3) is 0 Å². The molecule has 1 fully saturated rings. The average Bonchev–Trinajstić information content (AvgIpc) is 2.35. The second-order valence-corrected chi connectivity index (χ2v) is 4.71. The summed E-state index contributed by atoms with van der Waals surface area (Å²) in [6, 6.07) is 0.261. The van der Waals surface area contributed by atoms with Crippen LogP contribution in [0.2, 0.25) is 0 Å². The Morgan fingerprint density at radius 3 is 2.71 bits per heavy atom. The lowest BCUT2D eigenvalue weighted by molar-refractivity contribution is -0.131. The number of ether oxygens (including phenoxy) is 1. The first-order valence-corrected chi connectivity index (χ1v) is 6.32. The fourth-order valence-electron chi connectivity index (χ4n) is 1.99. The fraction of sp³-hybridized carbons (Fsp3) is 0.917. The predicted molar refractivity (Wildman–Crippen MR) is 68.0 cm³/mol. The summed E-state index contributed by atoms with van der Waals surface area (Å²) >= 11 is 0. The molecule has 0 aromatic heterocycles. The van der Waals surface area contributed by atoms with E-state index < -0.39 is 0 Å². The lowest BCUT2D eigenvalue weighted by Gasteiger charge is -2.36. The predicted octanol–water partition coefficient (Wildman–Crippen LogP) is -0.227. The minimum Gasteiger partial charge on any atom is -0.374 e. The van der Waals surface area contributed by atoms with Gasteiger partial charge in [-0.15, -0.1) is 0 Å². The van der Waals surface area contributed by atoms with Crippen LogP contribution in [-0.4, -0.2) is 74.7 Å². The Balaban J connectivity index is 2.50. The number of rotatable bonds is 5. The maximum absolute atomic E-state index is 11.7. The van der Waals surface area contributed by atoms with E-state index in [1.54, 1.807) is 19.0 Å². The molecule has 1 aliphatic heterocycles. The molecule has 1 heterocycles. The van der Waals surface area contributed by atoms with Crippen molar-refractivity contribution in [2.45, 2.75) is 26.0 Å². The molecule has 100 valence electrons. The van der Waals surface area contributed by atoms with Crippen LogP contribution in [0.15, 0.2) is 0 Å². The number of nitrogens with zero attached hydrogens (tertiary/aromatic N) is 2. The van der Waals surface area contributed by atoms with Gasteiger partial charge in [-0.3, -0.25) is 9.69 Å². The van der Waals surface area contributed by atoms with E-state index in [-0.39, 0.29) is 18.1 Å². The van der Waals surface area contributed by atoms with E-state index in [1.165, 1.54) is 0 Å². The normalized spacial score (nSPS) is 22.5. The van der Waals surface area contributed by atoms with Gasteiger partial charge in [0.15, 0.2) is 0 Å². The highest BCUT2D eigenvalue weighted by Gasteiger charge is 2.26. The molecule has 0 aliphatic carbocycles. The standard InChI is InChI=1S/C12H25N3O2/c1-5-15(9-12(16)14(3)4)10(2)11-8-13-6-7-17-11/h10-11,13H,5-9H2,1-4H3. The van der Waals surface area contributed by atoms with Crippen LogP contribution in [0.3, 0.4) is 0 Å². The summed E-state index contributed by atoms with van der Waals surface area (Å²) in [5.41, 5.74) is 0. The quantitative estimate of drug-likeness (QED) is 0.725. The summed E-state index contributed by atoms with van der Waals surface area (Å²) in [5, 5.41) is 3.32. The summed E-state index contributed by atoms with van der Waals surface area (Å²) in [6.45, 7) is 8.08. The van der Waals surface area contributed by atoms with Gasteiger partial charge >= 0.3 is 0 Å². The van der Waals surface area contributed by atoms with Gasteiger partial charge in [-0.2, -0.15) is 0 Å². The zero-order chi connectivity index (χ0) is 12.8. The van der Waals surface area contributed by atoms with Crippen LogP contribution in [0.1, 0.15) is 13.8 Å². The molecule has 1 saturated heterocycles. The van der Waals surface area contributed by atoms with E-state index in [0.29, 0.717) is 6.54 Å². The third-order valence-electron chi connectivity index (χ3n) is 3.31. The van der Waals surface area contributed by atoms with E-state index in [1.807, 2.05) is 0 Å². The summed E-state index contributed by atoms with van der Waals surface area (Å²) in [7, 11) is 3.58. The Labute approximate surface area is 104 Å². The fourth-order valence-corrected chi connectivity index (χ4v) is 1.99. The first-order chi connectivity index (χ1) is 8.06. The Bertz CT molecular complexity index is 240. The third-order valence-corrected chi connectivity index (χ3v) is 3.31. The molecule has 0 bridgehead atoms. The second kappa shape index (κ2) is 6.93. The van der Waals surface area contributed by atoms with Gasteiger partial charge < -0.3 is 15.0 Å². The Morgan fingerprint density at radius 2 is 2.24 bits per heavy atom. The van der Waals surface area contributed by atoms with E-state index in [2.05, 4.69) is 24.1 Å². The van der Waals surface area contributed by atoms with Gasteiger partial charge in [0.2, 0.25) is 5.91 Å². The lowest BCUT2D eigenvalue weighted by atomic mass is 10.1. The summed E-state index contributed by atoms with van der Waals surface area (Å²) < 4.78 is 5.74. The summed E-state index contributed by atoms with van der Waals surface area (Å²) in [4.78, 5) is 15.5. The topological polar surface area (TPSA) is 44.8 Å². The van der Waals surface area contributed by atoms with Crippen LogP contribution < -0.4 is 5.32 Å². The Morgan fingerprint density at radius 1 is 1.53 bits per heavy atom. The molecule has 1 aliphatic rings. The maximum atomic E-state index is 11.7.